The van der Waals surface area contributed by atoms with Crippen LogP contribution in [0.5, 0.6) is 0 Å². The van der Waals surface area contributed by atoms with Gasteiger partial charge in [0.05, 0.1) is 0 Å². The van der Waals surface area contributed by atoms with Gasteiger partial charge < -0.3 is 5.32 Å². The number of nitrogens with one attached hydrogen (secondary N) is 1. The smallest absolute Gasteiger partial charge is 0.255 e. The highest BCUT2D eigenvalue weighted by atomic mass is 127. The van der Waals surface area contributed by atoms with Crippen molar-refractivity contribution in [3.63, 3.8) is 0 Å². The van der Waals surface area contributed by atoms with Crippen LogP contribution in [0, 0.1) is 3.57 Å². The SMILES string of the molecule is CCc1cccc(CC)c1NC(=O)c1cccc(I)c1. The van der Waals surface area contributed by atoms with Crippen LogP contribution in [0.4, 0.5) is 5.69 Å². The van der Waals surface area contributed by atoms with Crippen LogP contribution >= 0.6 is 22.6 Å². The van der Waals surface area contributed by atoms with Crippen LogP contribution in [0.1, 0.15) is 35.3 Å². The van der Waals surface area contributed by atoms with Crippen LogP contribution in [-0.2, 0) is 12.8 Å². The van der Waals surface area contributed by atoms with Crippen molar-refractivity contribution in [3.05, 3.63) is 62.7 Å². The number of para-hydroxylation sites is 1. The van der Waals surface area contributed by atoms with E-state index >= 15 is 0 Å². The van der Waals surface area contributed by atoms with Crippen LogP contribution in [0.3, 0.4) is 0 Å². The Balaban J connectivity index is 2.32. The third-order valence-corrected chi connectivity index (χ3v) is 4.00. The summed E-state index contributed by atoms with van der Waals surface area (Å²) in [5.41, 5.74) is 4.04. The summed E-state index contributed by atoms with van der Waals surface area (Å²) in [6, 6.07) is 13.8. The van der Waals surface area contributed by atoms with Crippen molar-refractivity contribution in [1.82, 2.24) is 0 Å². The fourth-order valence-corrected chi connectivity index (χ4v) is 2.76. The van der Waals surface area contributed by atoms with E-state index in [2.05, 4.69) is 60.0 Å². The molecule has 1 amide bonds. The second-order valence-electron chi connectivity index (χ2n) is 4.62. The predicted octanol–water partition coefficient (Wildman–Crippen LogP) is 4.67. The molecule has 0 atom stereocenters. The lowest BCUT2D eigenvalue weighted by atomic mass is 10.0. The van der Waals surface area contributed by atoms with Gasteiger partial charge in [-0.05, 0) is 64.8 Å². The topological polar surface area (TPSA) is 29.1 Å². The first kappa shape index (κ1) is 15.0. The Morgan fingerprint density at radius 2 is 1.65 bits per heavy atom. The molecule has 3 heteroatoms. The molecule has 0 bridgehead atoms. The maximum atomic E-state index is 12.4. The van der Waals surface area contributed by atoms with E-state index in [0.717, 1.165) is 22.1 Å². The standard InChI is InChI=1S/C17H18INO/c1-3-12-7-5-8-13(4-2)16(12)19-17(20)14-9-6-10-15(18)11-14/h5-11H,3-4H2,1-2H3,(H,19,20). The van der Waals surface area contributed by atoms with E-state index in [4.69, 9.17) is 0 Å². The van der Waals surface area contributed by atoms with Crippen LogP contribution in [-0.4, -0.2) is 5.91 Å². The zero-order valence-corrected chi connectivity index (χ0v) is 13.9. The van der Waals surface area contributed by atoms with Gasteiger partial charge in [-0.1, -0.05) is 38.1 Å². The molecule has 0 heterocycles. The van der Waals surface area contributed by atoms with E-state index in [0.29, 0.717) is 5.56 Å². The van der Waals surface area contributed by atoms with Crippen LogP contribution in [0.25, 0.3) is 0 Å². The first-order valence-electron chi connectivity index (χ1n) is 6.83. The molecule has 104 valence electrons. The Morgan fingerprint density at radius 1 is 1.05 bits per heavy atom. The van der Waals surface area contributed by atoms with E-state index < -0.39 is 0 Å². The number of benzene rings is 2. The molecule has 2 aromatic carbocycles. The molecule has 0 aliphatic carbocycles. The Labute approximate surface area is 133 Å². The van der Waals surface area contributed by atoms with Crippen LogP contribution in [0.2, 0.25) is 0 Å². The first-order chi connectivity index (χ1) is 9.65. The lowest BCUT2D eigenvalue weighted by Crippen LogP contribution is -2.15. The fourth-order valence-electron chi connectivity index (χ4n) is 2.22. The Hall–Kier alpha value is -1.36. The Bertz CT molecular complexity index is 600. The minimum Gasteiger partial charge on any atom is -0.321 e. The average molecular weight is 379 g/mol. The van der Waals surface area contributed by atoms with Gasteiger partial charge in [0.15, 0.2) is 0 Å². The van der Waals surface area contributed by atoms with E-state index in [1.165, 1.54) is 11.1 Å². The van der Waals surface area contributed by atoms with Crippen molar-refractivity contribution in [3.8, 4) is 0 Å². The number of hydrogen-bond acceptors (Lipinski definition) is 1. The molecule has 0 saturated carbocycles. The molecule has 0 aromatic heterocycles. The average Bonchev–Trinajstić information content (AvgIpc) is 2.47. The van der Waals surface area contributed by atoms with Crippen molar-refractivity contribution in [2.75, 3.05) is 5.32 Å². The zero-order valence-electron chi connectivity index (χ0n) is 11.7. The van der Waals surface area contributed by atoms with Crippen LogP contribution in [0.15, 0.2) is 42.5 Å². The van der Waals surface area contributed by atoms with Crippen molar-refractivity contribution < 1.29 is 4.79 Å². The molecule has 0 radical (unpaired) electrons. The third kappa shape index (κ3) is 3.39. The Morgan fingerprint density at radius 3 is 2.20 bits per heavy atom. The number of amides is 1. The molecule has 2 nitrogen and oxygen atoms in total. The number of halogens is 1. The summed E-state index contributed by atoms with van der Waals surface area (Å²) in [5.74, 6) is -0.0425. The summed E-state index contributed by atoms with van der Waals surface area (Å²) in [7, 11) is 0. The number of carbonyl (C=O) groups excluding carboxylic acids is 1. The molecular weight excluding hydrogens is 361 g/mol. The third-order valence-electron chi connectivity index (χ3n) is 3.32. The lowest BCUT2D eigenvalue weighted by Gasteiger charge is -2.14. The van der Waals surface area contributed by atoms with Gasteiger partial charge in [0.2, 0.25) is 0 Å². The molecule has 0 aliphatic rings. The summed E-state index contributed by atoms with van der Waals surface area (Å²) in [6.07, 6.45) is 1.82. The minimum atomic E-state index is -0.0425. The monoisotopic (exact) mass is 379 g/mol. The Kier molecular flexibility index (Phi) is 5.17. The van der Waals surface area contributed by atoms with Crippen LogP contribution < -0.4 is 5.32 Å². The van der Waals surface area contributed by atoms with Gasteiger partial charge in [-0.25, -0.2) is 0 Å². The maximum absolute atomic E-state index is 12.4. The van der Waals surface area contributed by atoms with E-state index in [9.17, 15) is 4.79 Å². The molecule has 0 spiro atoms. The van der Waals surface area contributed by atoms with Crippen molar-refractivity contribution in [1.29, 1.82) is 0 Å². The number of rotatable bonds is 4. The first-order valence-corrected chi connectivity index (χ1v) is 7.91. The molecule has 20 heavy (non-hydrogen) atoms. The zero-order chi connectivity index (χ0) is 14.5. The van der Waals surface area contributed by atoms with Gasteiger partial charge in [0.25, 0.3) is 5.91 Å². The largest absolute Gasteiger partial charge is 0.321 e. The molecule has 2 aromatic rings. The summed E-state index contributed by atoms with van der Waals surface area (Å²) in [4.78, 5) is 12.4. The number of aryl methyl sites for hydroxylation is 2. The second kappa shape index (κ2) is 6.88. The van der Waals surface area contributed by atoms with Gasteiger partial charge in [-0.15, -0.1) is 0 Å². The normalized spacial score (nSPS) is 10.3. The highest BCUT2D eigenvalue weighted by molar-refractivity contribution is 14.1. The predicted molar refractivity (Wildman–Crippen MR) is 92.3 cm³/mol. The van der Waals surface area contributed by atoms with Crippen molar-refractivity contribution in [2.45, 2.75) is 26.7 Å². The van der Waals surface area contributed by atoms with Gasteiger partial charge in [0, 0.05) is 14.8 Å². The molecular formula is C17H18INO. The fraction of sp³-hybridized carbons (Fsp3) is 0.235. The summed E-state index contributed by atoms with van der Waals surface area (Å²) < 4.78 is 1.06. The second-order valence-corrected chi connectivity index (χ2v) is 5.87. The highest BCUT2D eigenvalue weighted by Gasteiger charge is 2.11. The number of carbonyl (C=O) groups is 1. The lowest BCUT2D eigenvalue weighted by molar-refractivity contribution is 0.102. The molecule has 2 rings (SSSR count). The van der Waals surface area contributed by atoms with Gasteiger partial charge >= 0.3 is 0 Å². The summed E-state index contributed by atoms with van der Waals surface area (Å²) in [5, 5.41) is 3.08. The van der Waals surface area contributed by atoms with Crippen molar-refractivity contribution >= 4 is 34.2 Å². The number of anilines is 1. The van der Waals surface area contributed by atoms with Gasteiger partial charge in [0.1, 0.15) is 0 Å². The summed E-state index contributed by atoms with van der Waals surface area (Å²) >= 11 is 2.22. The highest BCUT2D eigenvalue weighted by Crippen LogP contribution is 2.23. The molecule has 0 fully saturated rings. The van der Waals surface area contributed by atoms with E-state index in [1.54, 1.807) is 0 Å². The summed E-state index contributed by atoms with van der Waals surface area (Å²) in [6.45, 7) is 4.21. The maximum Gasteiger partial charge on any atom is 0.255 e. The van der Waals surface area contributed by atoms with E-state index in [-0.39, 0.29) is 5.91 Å². The molecule has 0 saturated heterocycles. The van der Waals surface area contributed by atoms with E-state index in [1.807, 2.05) is 24.3 Å². The minimum absolute atomic E-state index is 0.0425. The quantitative estimate of drug-likeness (QED) is 0.769. The molecule has 1 N–H and O–H groups in total. The molecule has 0 unspecified atom stereocenters. The molecule has 0 aliphatic heterocycles. The number of hydrogen-bond donors (Lipinski definition) is 1. The van der Waals surface area contributed by atoms with Gasteiger partial charge in [-0.3, -0.25) is 4.79 Å². The van der Waals surface area contributed by atoms with Crippen molar-refractivity contribution in [2.24, 2.45) is 0 Å². The van der Waals surface area contributed by atoms with Gasteiger partial charge in [-0.2, -0.15) is 0 Å².